The summed E-state index contributed by atoms with van der Waals surface area (Å²) < 4.78 is 0. The Morgan fingerprint density at radius 1 is 0.857 bits per heavy atom. The Morgan fingerprint density at radius 2 is 1.37 bits per heavy atom. The lowest BCUT2D eigenvalue weighted by atomic mass is 10.0. The lowest BCUT2D eigenvalue weighted by molar-refractivity contribution is -0.143. The van der Waals surface area contributed by atoms with Gasteiger partial charge < -0.3 is 48.5 Å². The smallest absolute Gasteiger partial charge is 0.326 e. The third kappa shape index (κ3) is 13.1. The van der Waals surface area contributed by atoms with E-state index in [0.717, 1.165) is 0 Å². The molecule has 0 aromatic rings. The average Bonchev–Trinajstić information content (AvgIpc) is 2.72. The molecule has 0 heterocycles. The Morgan fingerprint density at radius 3 is 1.83 bits per heavy atom. The van der Waals surface area contributed by atoms with Gasteiger partial charge in [-0.3, -0.25) is 24.2 Å². The van der Waals surface area contributed by atoms with Crippen molar-refractivity contribution in [3.05, 3.63) is 0 Å². The Kier molecular flexibility index (Phi) is 13.9. The van der Waals surface area contributed by atoms with Crippen LogP contribution >= 0.6 is 0 Å². The van der Waals surface area contributed by atoms with Crippen LogP contribution in [-0.4, -0.2) is 87.8 Å². The summed E-state index contributed by atoms with van der Waals surface area (Å²) in [6.45, 7) is 4.89. The SMILES string of the molecule is CC(C)CC(NC(=O)C(CCCN=C(N)N)NC(=O)C(CC(=O)O)NC(=O)C(N)C(C)O)C(=O)O. The first-order valence-corrected chi connectivity index (χ1v) is 11.0. The number of aliphatic hydroxyl groups excluding tert-OH is 1. The minimum absolute atomic E-state index is 0.0245. The van der Waals surface area contributed by atoms with Crippen LogP contribution in [0.2, 0.25) is 0 Å². The molecule has 3 amide bonds. The van der Waals surface area contributed by atoms with E-state index in [2.05, 4.69) is 20.9 Å². The Balaban J connectivity index is 5.67. The summed E-state index contributed by atoms with van der Waals surface area (Å²) in [5, 5.41) is 34.8. The maximum Gasteiger partial charge on any atom is 0.326 e. The molecule has 5 atom stereocenters. The highest BCUT2D eigenvalue weighted by atomic mass is 16.4. The molecule has 0 aliphatic rings. The fourth-order valence-corrected chi connectivity index (χ4v) is 2.88. The number of guanidine groups is 1. The van der Waals surface area contributed by atoms with Crippen LogP contribution in [0, 0.1) is 5.92 Å². The highest BCUT2D eigenvalue weighted by Gasteiger charge is 2.32. The van der Waals surface area contributed by atoms with E-state index in [-0.39, 0.29) is 37.7 Å². The second kappa shape index (κ2) is 15.4. The number of nitrogens with two attached hydrogens (primary N) is 3. The summed E-state index contributed by atoms with van der Waals surface area (Å²) in [5.41, 5.74) is 16.0. The molecule has 35 heavy (non-hydrogen) atoms. The van der Waals surface area contributed by atoms with E-state index in [9.17, 15) is 34.2 Å². The predicted molar refractivity (Wildman–Crippen MR) is 125 cm³/mol. The molecule has 0 radical (unpaired) electrons. The zero-order valence-electron chi connectivity index (χ0n) is 20.1. The van der Waals surface area contributed by atoms with Crippen molar-refractivity contribution in [2.45, 2.75) is 76.7 Å². The first kappa shape index (κ1) is 31.5. The lowest BCUT2D eigenvalue weighted by Gasteiger charge is -2.25. The summed E-state index contributed by atoms with van der Waals surface area (Å²) >= 11 is 0. The van der Waals surface area contributed by atoms with Crippen LogP contribution in [0.3, 0.4) is 0 Å². The van der Waals surface area contributed by atoms with Crippen LogP contribution in [0.4, 0.5) is 0 Å². The summed E-state index contributed by atoms with van der Waals surface area (Å²) in [7, 11) is 0. The molecule has 0 spiro atoms. The number of amides is 3. The molecular formula is C20H37N7O8. The average molecular weight is 504 g/mol. The van der Waals surface area contributed by atoms with Crippen LogP contribution in [0.1, 0.15) is 46.5 Å². The first-order chi connectivity index (χ1) is 16.1. The molecule has 0 aliphatic heterocycles. The van der Waals surface area contributed by atoms with Crippen molar-refractivity contribution in [3.63, 3.8) is 0 Å². The second-order valence-electron chi connectivity index (χ2n) is 8.46. The zero-order chi connectivity index (χ0) is 27.3. The van der Waals surface area contributed by atoms with Gasteiger partial charge >= 0.3 is 11.9 Å². The normalized spacial score (nSPS) is 15.1. The van der Waals surface area contributed by atoms with E-state index in [1.807, 2.05) is 0 Å². The summed E-state index contributed by atoms with van der Waals surface area (Å²) in [4.78, 5) is 64.3. The number of carbonyl (C=O) groups excluding carboxylic acids is 3. The third-order valence-electron chi connectivity index (χ3n) is 4.73. The molecule has 5 unspecified atom stereocenters. The number of aliphatic carboxylic acids is 2. The predicted octanol–water partition coefficient (Wildman–Crippen LogP) is -3.19. The Bertz CT molecular complexity index is 783. The van der Waals surface area contributed by atoms with E-state index in [0.29, 0.717) is 0 Å². The van der Waals surface area contributed by atoms with Crippen molar-refractivity contribution in [2.24, 2.45) is 28.1 Å². The van der Waals surface area contributed by atoms with Gasteiger partial charge in [-0.2, -0.15) is 0 Å². The quantitative estimate of drug-likeness (QED) is 0.0574. The summed E-state index contributed by atoms with van der Waals surface area (Å²) in [6.07, 6.45) is -1.79. The lowest BCUT2D eigenvalue weighted by Crippen LogP contribution is -2.58. The van der Waals surface area contributed by atoms with Crippen molar-refractivity contribution in [1.29, 1.82) is 0 Å². The van der Waals surface area contributed by atoms with Crippen molar-refractivity contribution in [1.82, 2.24) is 16.0 Å². The van der Waals surface area contributed by atoms with Gasteiger partial charge in [0.1, 0.15) is 24.2 Å². The number of nitrogens with one attached hydrogen (secondary N) is 3. The topological polar surface area (TPSA) is 273 Å². The maximum atomic E-state index is 12.8. The zero-order valence-corrected chi connectivity index (χ0v) is 20.1. The molecule has 200 valence electrons. The minimum atomic E-state index is -1.62. The van der Waals surface area contributed by atoms with Gasteiger partial charge in [-0.25, -0.2) is 4.79 Å². The largest absolute Gasteiger partial charge is 0.481 e. The van der Waals surface area contributed by atoms with Crippen LogP contribution < -0.4 is 33.2 Å². The molecule has 0 fully saturated rings. The van der Waals surface area contributed by atoms with Gasteiger partial charge in [0.2, 0.25) is 17.7 Å². The maximum absolute atomic E-state index is 12.8. The minimum Gasteiger partial charge on any atom is -0.481 e. The van der Waals surface area contributed by atoms with Gasteiger partial charge in [0.05, 0.1) is 12.5 Å². The molecule has 0 aromatic carbocycles. The number of nitrogens with zero attached hydrogens (tertiary/aromatic N) is 1. The van der Waals surface area contributed by atoms with Crippen molar-refractivity contribution in [3.8, 4) is 0 Å². The van der Waals surface area contributed by atoms with Crippen molar-refractivity contribution < 1.29 is 39.3 Å². The molecule has 0 bridgehead atoms. The van der Waals surface area contributed by atoms with Gasteiger partial charge in [-0.05, 0) is 32.1 Å². The molecular weight excluding hydrogens is 466 g/mol. The molecule has 15 heteroatoms. The van der Waals surface area contributed by atoms with E-state index in [4.69, 9.17) is 22.3 Å². The van der Waals surface area contributed by atoms with E-state index < -0.39 is 66.4 Å². The van der Waals surface area contributed by atoms with Gasteiger partial charge in [-0.1, -0.05) is 13.8 Å². The van der Waals surface area contributed by atoms with Crippen LogP contribution in [0.15, 0.2) is 4.99 Å². The van der Waals surface area contributed by atoms with E-state index in [1.165, 1.54) is 6.92 Å². The van der Waals surface area contributed by atoms with Crippen molar-refractivity contribution in [2.75, 3.05) is 6.54 Å². The number of aliphatic hydroxyl groups is 1. The van der Waals surface area contributed by atoms with Crippen LogP contribution in [0.25, 0.3) is 0 Å². The number of carboxylic acid groups (broad SMARTS) is 2. The van der Waals surface area contributed by atoms with Gasteiger partial charge in [0.15, 0.2) is 5.96 Å². The monoisotopic (exact) mass is 503 g/mol. The van der Waals surface area contributed by atoms with Crippen molar-refractivity contribution >= 4 is 35.6 Å². The molecule has 0 aromatic heterocycles. The summed E-state index contributed by atoms with van der Waals surface area (Å²) in [5.74, 6) is -5.74. The number of carboxylic acids is 2. The number of rotatable bonds is 16. The van der Waals surface area contributed by atoms with Gasteiger partial charge in [0.25, 0.3) is 0 Å². The second-order valence-corrected chi connectivity index (χ2v) is 8.46. The first-order valence-electron chi connectivity index (χ1n) is 11.0. The number of aliphatic imine (C=N–C) groups is 1. The standard InChI is InChI=1S/C20H37N7O8/c1-9(2)7-13(19(34)35)27-16(31)11(5-4-6-24-20(22)23)25-17(32)12(8-14(29)30)26-18(33)15(21)10(3)28/h9-13,15,28H,4-8,21H2,1-3H3,(H,25,32)(H,26,33)(H,27,31)(H,29,30)(H,34,35)(H4,22,23,24). The molecule has 0 rings (SSSR count). The highest BCUT2D eigenvalue weighted by molar-refractivity contribution is 5.95. The number of hydrogen-bond acceptors (Lipinski definition) is 8. The molecule has 12 N–H and O–H groups in total. The Hall–Kier alpha value is -3.46. The summed E-state index contributed by atoms with van der Waals surface area (Å²) in [6, 6.07) is -5.56. The van der Waals surface area contributed by atoms with Crippen LogP contribution in [-0.2, 0) is 24.0 Å². The number of hydrogen-bond donors (Lipinski definition) is 9. The third-order valence-corrected chi connectivity index (χ3v) is 4.73. The van der Waals surface area contributed by atoms with Gasteiger partial charge in [-0.15, -0.1) is 0 Å². The van der Waals surface area contributed by atoms with Gasteiger partial charge in [0, 0.05) is 6.54 Å². The molecule has 0 saturated carbocycles. The number of carbonyl (C=O) groups is 5. The molecule has 15 nitrogen and oxygen atoms in total. The Labute approximate surface area is 202 Å². The fraction of sp³-hybridized carbons (Fsp3) is 0.700. The van der Waals surface area contributed by atoms with E-state index >= 15 is 0 Å². The molecule has 0 aliphatic carbocycles. The van der Waals surface area contributed by atoms with E-state index in [1.54, 1.807) is 13.8 Å². The molecule has 0 saturated heterocycles. The highest BCUT2D eigenvalue weighted by Crippen LogP contribution is 2.08. The fourth-order valence-electron chi connectivity index (χ4n) is 2.88. The van der Waals surface area contributed by atoms with Crippen LogP contribution in [0.5, 0.6) is 0 Å².